The highest BCUT2D eigenvalue weighted by molar-refractivity contribution is 6.13. The molecule has 4 heterocycles. The molecule has 9 heteroatoms. The third-order valence-electron chi connectivity index (χ3n) is 5.58. The maximum Gasteiger partial charge on any atom is 0.224 e. The van der Waals surface area contributed by atoms with Gasteiger partial charge in [-0.25, -0.2) is 9.37 Å². The summed E-state index contributed by atoms with van der Waals surface area (Å²) in [5, 5.41) is 2.80. The molecular weight excluding hydrogens is 433 g/mol. The van der Waals surface area contributed by atoms with Gasteiger partial charge in [0.2, 0.25) is 5.91 Å². The lowest BCUT2D eigenvalue weighted by atomic mass is 10.0. The molecule has 0 bridgehead atoms. The predicted molar refractivity (Wildman–Crippen MR) is 128 cm³/mol. The Morgan fingerprint density at radius 1 is 1.24 bits per heavy atom. The van der Waals surface area contributed by atoms with Gasteiger partial charge >= 0.3 is 0 Å². The van der Waals surface area contributed by atoms with Gasteiger partial charge in [0.1, 0.15) is 11.4 Å². The smallest absolute Gasteiger partial charge is 0.224 e. The number of aromatic amines is 1. The molecule has 0 spiro atoms. The van der Waals surface area contributed by atoms with Crippen molar-refractivity contribution in [2.45, 2.75) is 45.6 Å². The van der Waals surface area contributed by atoms with Crippen molar-refractivity contribution in [1.29, 1.82) is 0 Å². The average Bonchev–Trinajstić information content (AvgIpc) is 3.54. The van der Waals surface area contributed by atoms with Crippen LogP contribution in [0.2, 0.25) is 0 Å². The van der Waals surface area contributed by atoms with Crippen LogP contribution in [0.5, 0.6) is 0 Å². The number of H-pyrrole nitrogens is 1. The van der Waals surface area contributed by atoms with E-state index >= 15 is 4.39 Å². The number of nitrogens with zero attached hydrogens (tertiary/aromatic N) is 5. The number of pyridine rings is 3. The molecule has 1 fully saturated rings. The summed E-state index contributed by atoms with van der Waals surface area (Å²) < 4.78 is 16.1. The second-order valence-electron chi connectivity index (χ2n) is 8.43. The molecule has 4 aromatic heterocycles. The number of aryl methyl sites for hydroxylation is 1. The number of hydrogen-bond acceptors (Lipinski definition) is 6. The first kappa shape index (κ1) is 21.8. The number of hydrogen-bond donors (Lipinski definition) is 2. The molecule has 172 valence electrons. The summed E-state index contributed by atoms with van der Waals surface area (Å²) in [7, 11) is 0. The molecule has 1 aliphatic carbocycles. The van der Waals surface area contributed by atoms with Gasteiger partial charge in [0.15, 0.2) is 11.6 Å². The van der Waals surface area contributed by atoms with E-state index in [4.69, 9.17) is 4.99 Å². The number of aliphatic imine (C=N–C) groups is 1. The fourth-order valence-electron chi connectivity index (χ4n) is 3.75. The second-order valence-corrected chi connectivity index (χ2v) is 8.43. The van der Waals surface area contributed by atoms with Crippen molar-refractivity contribution in [2.75, 3.05) is 5.32 Å². The van der Waals surface area contributed by atoms with Crippen LogP contribution in [0, 0.1) is 12.7 Å². The van der Waals surface area contributed by atoms with Crippen LogP contribution in [-0.4, -0.2) is 42.6 Å². The van der Waals surface area contributed by atoms with Crippen LogP contribution in [0.3, 0.4) is 0 Å². The van der Waals surface area contributed by atoms with E-state index in [1.807, 2.05) is 13.8 Å². The summed E-state index contributed by atoms with van der Waals surface area (Å²) >= 11 is 0. The lowest BCUT2D eigenvalue weighted by molar-refractivity contribution is -0.116. The standard InChI is InChI=1S/C25H24FN7O/c1-3-4-20(34)30-17-9-15(11-28-12-17)23-22(26)21(14(2)10-29-23)24(31-16-5-6-16)25-32-18-7-8-27-13-19(18)33-25/h7-13,16H,3-6H2,1-2H3,(H,30,34)(H,32,33). The summed E-state index contributed by atoms with van der Waals surface area (Å²) in [6, 6.07) is 3.63. The predicted octanol–water partition coefficient (Wildman–Crippen LogP) is 4.60. The van der Waals surface area contributed by atoms with Crippen molar-refractivity contribution in [3.05, 3.63) is 65.9 Å². The Kier molecular flexibility index (Phi) is 5.83. The molecule has 1 saturated carbocycles. The van der Waals surface area contributed by atoms with E-state index in [0.717, 1.165) is 30.3 Å². The highest BCUT2D eigenvalue weighted by Gasteiger charge is 2.27. The minimum absolute atomic E-state index is 0.113. The van der Waals surface area contributed by atoms with Gasteiger partial charge in [0.25, 0.3) is 0 Å². The first-order valence-electron chi connectivity index (χ1n) is 11.3. The highest BCUT2D eigenvalue weighted by Crippen LogP contribution is 2.31. The fourth-order valence-corrected chi connectivity index (χ4v) is 3.75. The van der Waals surface area contributed by atoms with Crippen molar-refractivity contribution < 1.29 is 9.18 Å². The highest BCUT2D eigenvalue weighted by atomic mass is 19.1. The van der Waals surface area contributed by atoms with Crippen LogP contribution in [0.15, 0.2) is 48.1 Å². The van der Waals surface area contributed by atoms with Gasteiger partial charge in [-0.3, -0.25) is 24.7 Å². The van der Waals surface area contributed by atoms with Gasteiger partial charge in [-0.1, -0.05) is 6.92 Å². The number of carbonyl (C=O) groups excluding carboxylic acids is 1. The number of aromatic nitrogens is 5. The SMILES string of the molecule is CCCC(=O)Nc1cncc(-c2ncc(C)c(C(=NC3CC3)c3nc4ccncc4[nH]3)c2F)c1. The molecule has 1 amide bonds. The quantitative estimate of drug-likeness (QED) is 0.394. The summed E-state index contributed by atoms with van der Waals surface area (Å²) in [5.41, 5.74) is 4.07. The summed E-state index contributed by atoms with van der Waals surface area (Å²) in [6.07, 6.45) is 11.1. The summed E-state index contributed by atoms with van der Waals surface area (Å²) in [6.45, 7) is 3.74. The van der Waals surface area contributed by atoms with Crippen molar-refractivity contribution in [2.24, 2.45) is 4.99 Å². The summed E-state index contributed by atoms with van der Waals surface area (Å²) in [5.74, 6) is -0.123. The molecule has 8 nitrogen and oxygen atoms in total. The Balaban J connectivity index is 1.59. The van der Waals surface area contributed by atoms with Crippen LogP contribution in [0.25, 0.3) is 22.3 Å². The zero-order chi connectivity index (χ0) is 23.7. The number of nitrogens with one attached hydrogen (secondary N) is 2. The maximum atomic E-state index is 16.1. The second kappa shape index (κ2) is 9.09. The normalized spacial score (nSPS) is 13.9. The Morgan fingerprint density at radius 2 is 2.09 bits per heavy atom. The monoisotopic (exact) mass is 457 g/mol. The lowest BCUT2D eigenvalue weighted by Crippen LogP contribution is -2.14. The van der Waals surface area contributed by atoms with Crippen molar-refractivity contribution >= 4 is 28.3 Å². The topological polar surface area (TPSA) is 109 Å². The number of carbonyl (C=O) groups is 1. The zero-order valence-corrected chi connectivity index (χ0v) is 19.0. The van der Waals surface area contributed by atoms with E-state index in [1.54, 1.807) is 30.7 Å². The van der Waals surface area contributed by atoms with Crippen LogP contribution < -0.4 is 5.32 Å². The number of halogens is 1. The Morgan fingerprint density at radius 3 is 2.85 bits per heavy atom. The molecule has 1 aliphatic rings. The van der Waals surface area contributed by atoms with Gasteiger partial charge in [0, 0.05) is 36.1 Å². The molecular formula is C25H24FN7O. The zero-order valence-electron chi connectivity index (χ0n) is 19.0. The maximum absolute atomic E-state index is 16.1. The van der Waals surface area contributed by atoms with Crippen LogP contribution >= 0.6 is 0 Å². The van der Waals surface area contributed by atoms with Gasteiger partial charge in [-0.2, -0.15) is 0 Å². The molecule has 0 unspecified atom stereocenters. The third kappa shape index (κ3) is 4.41. The Labute approximate surface area is 195 Å². The van der Waals surface area contributed by atoms with E-state index in [0.29, 0.717) is 40.3 Å². The molecule has 34 heavy (non-hydrogen) atoms. The Hall–Kier alpha value is -4.01. The Bertz CT molecular complexity index is 1370. The van der Waals surface area contributed by atoms with Crippen molar-refractivity contribution in [1.82, 2.24) is 24.9 Å². The van der Waals surface area contributed by atoms with Crippen LogP contribution in [0.1, 0.15) is 49.6 Å². The minimum Gasteiger partial charge on any atom is -0.335 e. The van der Waals surface area contributed by atoms with Gasteiger partial charge < -0.3 is 10.3 Å². The van der Waals surface area contributed by atoms with Crippen LogP contribution in [0.4, 0.5) is 10.1 Å². The third-order valence-corrected chi connectivity index (χ3v) is 5.58. The molecule has 0 radical (unpaired) electrons. The van der Waals surface area contributed by atoms with Crippen molar-refractivity contribution in [3.63, 3.8) is 0 Å². The van der Waals surface area contributed by atoms with E-state index in [2.05, 4.69) is 30.2 Å². The molecule has 5 rings (SSSR count). The van der Waals surface area contributed by atoms with E-state index in [-0.39, 0.29) is 17.6 Å². The molecule has 0 aromatic carbocycles. The number of anilines is 1. The molecule has 0 saturated heterocycles. The number of fused-ring (bicyclic) bond motifs is 1. The molecule has 0 atom stereocenters. The van der Waals surface area contributed by atoms with E-state index in [1.165, 1.54) is 12.4 Å². The number of amides is 1. The van der Waals surface area contributed by atoms with Crippen LogP contribution in [-0.2, 0) is 4.79 Å². The molecule has 2 N–H and O–H groups in total. The summed E-state index contributed by atoms with van der Waals surface area (Å²) in [4.78, 5) is 37.4. The number of imidazole rings is 1. The number of rotatable bonds is 7. The minimum atomic E-state index is -0.503. The first-order valence-corrected chi connectivity index (χ1v) is 11.3. The first-order chi connectivity index (χ1) is 16.5. The average molecular weight is 458 g/mol. The fraction of sp³-hybridized carbons (Fsp3) is 0.280. The van der Waals surface area contributed by atoms with Gasteiger partial charge in [0.05, 0.1) is 35.2 Å². The molecule has 4 aromatic rings. The van der Waals surface area contributed by atoms with Gasteiger partial charge in [-0.05, 0) is 43.9 Å². The largest absolute Gasteiger partial charge is 0.335 e. The van der Waals surface area contributed by atoms with E-state index in [9.17, 15) is 4.79 Å². The van der Waals surface area contributed by atoms with Gasteiger partial charge in [-0.15, -0.1) is 0 Å². The van der Waals surface area contributed by atoms with Crippen molar-refractivity contribution in [3.8, 4) is 11.3 Å². The van der Waals surface area contributed by atoms with E-state index < -0.39 is 5.82 Å². The lowest BCUT2D eigenvalue weighted by Gasteiger charge is -2.13. The molecule has 0 aliphatic heterocycles.